The summed E-state index contributed by atoms with van der Waals surface area (Å²) in [5, 5.41) is 8.04. The Hall–Kier alpha value is -4.08. The molecule has 1 atom stereocenters. The summed E-state index contributed by atoms with van der Waals surface area (Å²) in [7, 11) is 1.37. The minimum absolute atomic E-state index is 0.0883. The molecule has 0 radical (unpaired) electrons. The van der Waals surface area contributed by atoms with Crippen LogP contribution >= 0.6 is 11.6 Å². The second-order valence-corrected chi connectivity index (χ2v) is 9.88. The summed E-state index contributed by atoms with van der Waals surface area (Å²) in [5.41, 5.74) is -1.62. The van der Waals surface area contributed by atoms with Crippen molar-refractivity contribution in [2.75, 3.05) is 45.2 Å². The normalized spacial score (nSPS) is 16.8. The Balaban J connectivity index is 0.000000458. The number of morpholine rings is 1. The molecule has 230 valence electrons. The highest BCUT2D eigenvalue weighted by Gasteiger charge is 2.37. The molecule has 1 aromatic heterocycles. The van der Waals surface area contributed by atoms with Gasteiger partial charge in [-0.05, 0) is 42.5 Å². The van der Waals surface area contributed by atoms with E-state index in [1.54, 1.807) is 0 Å². The summed E-state index contributed by atoms with van der Waals surface area (Å²) in [4.78, 5) is 44.2. The highest BCUT2D eigenvalue weighted by molar-refractivity contribution is 6.30. The van der Waals surface area contributed by atoms with Gasteiger partial charge >= 0.3 is 6.18 Å². The van der Waals surface area contributed by atoms with E-state index >= 15 is 0 Å². The Morgan fingerprint density at radius 2 is 1.74 bits per heavy atom. The molecule has 5 rings (SSSR count). The molecule has 3 amide bonds. The zero-order chi connectivity index (χ0) is 31.3. The average Bonchev–Trinajstić information content (AvgIpc) is 3.34. The van der Waals surface area contributed by atoms with Gasteiger partial charge in [0.05, 0.1) is 31.0 Å². The fraction of sp³-hybridized carbons (Fsp3) is 0.333. The third-order valence-corrected chi connectivity index (χ3v) is 6.79. The minimum atomic E-state index is -4.85. The number of amides is 3. The van der Waals surface area contributed by atoms with Crippen LogP contribution in [0.1, 0.15) is 38.3 Å². The molecule has 3 heterocycles. The third kappa shape index (κ3) is 7.86. The molecule has 1 fully saturated rings. The SMILES string of the molecule is CNC(=O)c1nc(NC(=O)c2cc(F)cc(C(F)(F)F)c2)c2n1C(CN1CCOCC1)C(=O)NC2.Fc1ccc(Cl)cc1. The molecule has 3 N–H and O–H groups in total. The van der Waals surface area contributed by atoms with Crippen LogP contribution in [-0.2, 0) is 22.3 Å². The maximum absolute atomic E-state index is 13.8. The number of ether oxygens (including phenoxy) is 1. The van der Waals surface area contributed by atoms with Gasteiger partial charge in [-0.2, -0.15) is 13.2 Å². The Labute approximate surface area is 247 Å². The van der Waals surface area contributed by atoms with E-state index in [9.17, 15) is 36.3 Å². The maximum Gasteiger partial charge on any atom is 0.416 e. The van der Waals surface area contributed by atoms with Crippen molar-refractivity contribution in [1.82, 2.24) is 25.1 Å². The molecule has 0 spiro atoms. The molecule has 1 saturated heterocycles. The third-order valence-electron chi connectivity index (χ3n) is 6.54. The lowest BCUT2D eigenvalue weighted by atomic mass is 10.1. The van der Waals surface area contributed by atoms with Gasteiger partial charge in [-0.3, -0.25) is 19.3 Å². The first-order valence-corrected chi connectivity index (χ1v) is 13.3. The number of halogens is 6. The van der Waals surface area contributed by atoms with E-state index in [-0.39, 0.29) is 48.2 Å². The summed E-state index contributed by atoms with van der Waals surface area (Å²) in [6, 6.07) is 6.27. The summed E-state index contributed by atoms with van der Waals surface area (Å²) < 4.78 is 71.7. The molecular formula is C27H26ClF5N6O4. The van der Waals surface area contributed by atoms with Gasteiger partial charge < -0.3 is 25.3 Å². The Bertz CT molecular complexity index is 1470. The average molecular weight is 629 g/mol. The lowest BCUT2D eigenvalue weighted by Gasteiger charge is -2.33. The monoisotopic (exact) mass is 628 g/mol. The van der Waals surface area contributed by atoms with E-state index < -0.39 is 41.0 Å². The molecule has 0 aliphatic carbocycles. The number of alkyl halides is 3. The van der Waals surface area contributed by atoms with Crippen LogP contribution in [0.25, 0.3) is 0 Å². The van der Waals surface area contributed by atoms with E-state index in [0.29, 0.717) is 43.5 Å². The molecule has 10 nitrogen and oxygen atoms in total. The number of carbonyl (C=O) groups excluding carboxylic acids is 3. The minimum Gasteiger partial charge on any atom is -0.379 e. The highest BCUT2D eigenvalue weighted by atomic mass is 35.5. The van der Waals surface area contributed by atoms with E-state index in [1.165, 1.54) is 35.9 Å². The van der Waals surface area contributed by atoms with Crippen molar-refractivity contribution >= 4 is 35.1 Å². The molecule has 43 heavy (non-hydrogen) atoms. The van der Waals surface area contributed by atoms with Crippen molar-refractivity contribution in [3.63, 3.8) is 0 Å². The zero-order valence-corrected chi connectivity index (χ0v) is 23.4. The van der Waals surface area contributed by atoms with E-state index in [1.807, 2.05) is 4.90 Å². The first kappa shape index (κ1) is 31.8. The van der Waals surface area contributed by atoms with Gasteiger partial charge in [0.25, 0.3) is 11.8 Å². The fourth-order valence-electron chi connectivity index (χ4n) is 4.44. The Morgan fingerprint density at radius 1 is 1.07 bits per heavy atom. The predicted octanol–water partition coefficient (Wildman–Crippen LogP) is 3.64. The van der Waals surface area contributed by atoms with E-state index in [2.05, 4.69) is 20.9 Å². The smallest absolute Gasteiger partial charge is 0.379 e. The van der Waals surface area contributed by atoms with Crippen LogP contribution < -0.4 is 16.0 Å². The highest BCUT2D eigenvalue weighted by Crippen LogP contribution is 2.31. The van der Waals surface area contributed by atoms with Crippen LogP contribution in [0.15, 0.2) is 42.5 Å². The van der Waals surface area contributed by atoms with Gasteiger partial charge in [-0.25, -0.2) is 13.8 Å². The number of benzene rings is 2. The van der Waals surface area contributed by atoms with Crippen LogP contribution in [0.4, 0.5) is 27.8 Å². The second-order valence-electron chi connectivity index (χ2n) is 9.44. The molecule has 2 aliphatic heterocycles. The molecule has 1 unspecified atom stereocenters. The van der Waals surface area contributed by atoms with Crippen molar-refractivity contribution in [2.45, 2.75) is 18.8 Å². The summed E-state index contributed by atoms with van der Waals surface area (Å²) in [5.74, 6) is -3.81. The van der Waals surface area contributed by atoms with E-state index in [4.69, 9.17) is 16.3 Å². The number of imidazole rings is 1. The summed E-state index contributed by atoms with van der Waals surface area (Å²) in [6.45, 7) is 2.29. The number of carbonyl (C=O) groups is 3. The molecule has 2 aromatic carbocycles. The fourth-order valence-corrected chi connectivity index (χ4v) is 4.56. The van der Waals surface area contributed by atoms with Crippen LogP contribution in [0.2, 0.25) is 5.02 Å². The molecule has 0 bridgehead atoms. The molecule has 0 saturated carbocycles. The van der Waals surface area contributed by atoms with Gasteiger partial charge in [0.1, 0.15) is 17.7 Å². The largest absolute Gasteiger partial charge is 0.416 e. The van der Waals surface area contributed by atoms with Gasteiger partial charge in [-0.15, -0.1) is 0 Å². The van der Waals surface area contributed by atoms with Crippen molar-refractivity contribution in [1.29, 1.82) is 0 Å². The van der Waals surface area contributed by atoms with Crippen molar-refractivity contribution in [3.8, 4) is 0 Å². The molecule has 2 aliphatic rings. The molecule has 16 heteroatoms. The lowest BCUT2D eigenvalue weighted by Crippen LogP contribution is -2.48. The van der Waals surface area contributed by atoms with E-state index in [0.717, 1.165) is 0 Å². The number of hydrogen-bond donors (Lipinski definition) is 3. The van der Waals surface area contributed by atoms with Crippen LogP contribution in [-0.4, -0.2) is 72.1 Å². The first-order chi connectivity index (χ1) is 20.4. The lowest BCUT2D eigenvalue weighted by molar-refractivity contribution is -0.137. The number of hydrogen-bond acceptors (Lipinski definition) is 6. The van der Waals surface area contributed by atoms with Crippen molar-refractivity contribution < 1.29 is 41.1 Å². The Kier molecular flexibility index (Phi) is 9.98. The number of rotatable bonds is 5. The number of nitrogens with zero attached hydrogens (tertiary/aromatic N) is 3. The number of anilines is 1. The standard InChI is InChI=1S/C21H22F4N6O4.C6H4ClF/c1-26-20(34)17-28-16(29-18(32)11-6-12(21(23,24)25)8-13(22)7-11)14-9-27-19(33)15(31(14)17)10-30-2-4-35-5-3-30;7-5-1-3-6(8)4-2-5/h6-8,15H,2-5,9-10H2,1H3,(H,26,34)(H,27,33)(H,29,32);1-4H. The topological polar surface area (TPSA) is 118 Å². The quantitative estimate of drug-likeness (QED) is 0.372. The maximum atomic E-state index is 13.8. The number of fused-ring (bicyclic) bond motifs is 1. The van der Waals surface area contributed by atoms with Gasteiger partial charge in [0.15, 0.2) is 5.82 Å². The molecule has 3 aromatic rings. The summed E-state index contributed by atoms with van der Waals surface area (Å²) >= 11 is 5.44. The Morgan fingerprint density at radius 3 is 2.35 bits per heavy atom. The van der Waals surface area contributed by atoms with Crippen LogP contribution in [0.3, 0.4) is 0 Å². The predicted molar refractivity (Wildman–Crippen MR) is 145 cm³/mol. The van der Waals surface area contributed by atoms with Crippen molar-refractivity contribution in [2.24, 2.45) is 0 Å². The number of aromatic nitrogens is 2. The first-order valence-electron chi connectivity index (χ1n) is 12.9. The van der Waals surface area contributed by atoms with Crippen LogP contribution in [0.5, 0.6) is 0 Å². The number of nitrogens with one attached hydrogen (secondary N) is 3. The van der Waals surface area contributed by atoms with Crippen molar-refractivity contribution in [3.05, 3.63) is 81.8 Å². The molecular weight excluding hydrogens is 603 g/mol. The van der Waals surface area contributed by atoms with Gasteiger partial charge in [0.2, 0.25) is 11.7 Å². The van der Waals surface area contributed by atoms with Gasteiger partial charge in [-0.1, -0.05) is 11.6 Å². The summed E-state index contributed by atoms with van der Waals surface area (Å²) in [6.07, 6.45) is -4.85. The second kappa shape index (κ2) is 13.5. The van der Waals surface area contributed by atoms with Gasteiger partial charge in [0, 0.05) is 37.3 Å². The zero-order valence-electron chi connectivity index (χ0n) is 22.6. The van der Waals surface area contributed by atoms with Crippen LogP contribution in [0, 0.1) is 11.6 Å².